The Kier molecular flexibility index (Phi) is 8.25. The highest BCUT2D eigenvalue weighted by molar-refractivity contribution is 5.97. The fourth-order valence-corrected chi connectivity index (χ4v) is 5.11. The van der Waals surface area contributed by atoms with Crippen LogP contribution in [0.15, 0.2) is 72.8 Å². The highest BCUT2D eigenvalue weighted by Gasteiger charge is 2.30. The van der Waals surface area contributed by atoms with E-state index >= 15 is 0 Å². The maximum Gasteiger partial charge on any atom is 0.311 e. The molecule has 3 aromatic carbocycles. The summed E-state index contributed by atoms with van der Waals surface area (Å²) in [4.78, 5) is 56.1. The van der Waals surface area contributed by atoms with Gasteiger partial charge in [-0.1, -0.05) is 42.5 Å². The molecule has 4 bridgehead atoms. The first-order valence-electron chi connectivity index (χ1n) is 13.4. The minimum atomic E-state index is -0.864. The van der Waals surface area contributed by atoms with E-state index in [2.05, 4.69) is 22.3 Å². The molecule has 11 heteroatoms. The molecule has 3 aromatic rings. The van der Waals surface area contributed by atoms with E-state index in [1.54, 1.807) is 23.1 Å². The first-order valence-corrected chi connectivity index (χ1v) is 13.4. The Morgan fingerprint density at radius 1 is 1.00 bits per heavy atom. The average molecular weight is 558 g/mol. The quantitative estimate of drug-likeness (QED) is 0.386. The van der Waals surface area contributed by atoms with Crippen LogP contribution in [0.1, 0.15) is 21.5 Å². The molecule has 2 aliphatic rings. The Bertz CT molecular complexity index is 1450. The molecule has 11 nitrogen and oxygen atoms in total. The summed E-state index contributed by atoms with van der Waals surface area (Å²) in [7, 11) is 1.46. The molecule has 1 N–H and O–H groups in total. The van der Waals surface area contributed by atoms with Gasteiger partial charge in [-0.3, -0.25) is 29.4 Å². The van der Waals surface area contributed by atoms with Crippen LogP contribution in [0.4, 0.5) is 5.69 Å². The van der Waals surface area contributed by atoms with Crippen molar-refractivity contribution in [2.75, 3.05) is 39.8 Å². The number of rotatable bonds is 4. The molecule has 1 fully saturated rings. The normalized spacial score (nSPS) is 18.2. The van der Waals surface area contributed by atoms with Crippen LogP contribution in [0.5, 0.6) is 11.5 Å². The fraction of sp³-hybridized carbons (Fsp3) is 0.300. The van der Waals surface area contributed by atoms with E-state index in [4.69, 9.17) is 4.74 Å². The number of fused-ring (bicyclic) bond motifs is 4. The van der Waals surface area contributed by atoms with Crippen molar-refractivity contribution in [3.63, 3.8) is 0 Å². The first-order chi connectivity index (χ1) is 19.8. The maximum absolute atomic E-state index is 13.7. The fourth-order valence-electron chi connectivity index (χ4n) is 5.11. The predicted octanol–water partition coefficient (Wildman–Crippen LogP) is 2.84. The van der Waals surface area contributed by atoms with E-state index in [1.165, 1.54) is 35.7 Å². The van der Waals surface area contributed by atoms with Crippen LogP contribution in [-0.4, -0.2) is 83.2 Å². The third-order valence-electron chi connectivity index (χ3n) is 7.26. The van der Waals surface area contributed by atoms with Crippen LogP contribution in [0.25, 0.3) is 0 Å². The second kappa shape index (κ2) is 12.2. The molecule has 0 radical (unpaired) electrons. The van der Waals surface area contributed by atoms with Gasteiger partial charge in [-0.05, 0) is 29.3 Å². The Balaban J connectivity index is 1.37. The minimum Gasteiger partial charge on any atom is -0.450 e. The van der Waals surface area contributed by atoms with Crippen molar-refractivity contribution in [3.8, 4) is 11.5 Å². The number of hydrogen-bond acceptors (Lipinski definition) is 7. The van der Waals surface area contributed by atoms with Crippen molar-refractivity contribution in [3.05, 3.63) is 99.6 Å². The Morgan fingerprint density at radius 3 is 2.49 bits per heavy atom. The lowest BCUT2D eigenvalue weighted by Gasteiger charge is -2.36. The molecular weight excluding hydrogens is 526 g/mol. The summed E-state index contributed by atoms with van der Waals surface area (Å²) in [5, 5.41) is 14.5. The van der Waals surface area contributed by atoms with Crippen molar-refractivity contribution < 1.29 is 24.0 Å². The van der Waals surface area contributed by atoms with Crippen LogP contribution in [0.3, 0.4) is 0 Å². The number of nitro groups is 1. The monoisotopic (exact) mass is 557 g/mol. The molecule has 2 aliphatic heterocycles. The SMILES string of the molecule is CN1CC(=O)NC(C(=O)N2CCN(Cc3ccccc3)CC2)Cc2cccc(c2)Oc2cc(ccc2[N+](=O)[O-])C1=O. The molecule has 1 atom stereocenters. The molecule has 0 aliphatic carbocycles. The van der Waals surface area contributed by atoms with Gasteiger partial charge in [0, 0.05) is 63.9 Å². The summed E-state index contributed by atoms with van der Waals surface area (Å²) in [6, 6.07) is 20.0. The molecule has 3 amide bonds. The molecule has 41 heavy (non-hydrogen) atoms. The number of carbonyl (C=O) groups is 3. The second-order valence-corrected chi connectivity index (χ2v) is 10.3. The average Bonchev–Trinajstić information content (AvgIpc) is 2.96. The summed E-state index contributed by atoms with van der Waals surface area (Å²) in [6.07, 6.45) is 0.186. The van der Waals surface area contributed by atoms with Crippen LogP contribution < -0.4 is 10.1 Å². The van der Waals surface area contributed by atoms with Crippen molar-refractivity contribution in [2.24, 2.45) is 0 Å². The number of ether oxygens (including phenoxy) is 1. The zero-order valence-corrected chi connectivity index (χ0v) is 22.7. The number of likely N-dealkylation sites (N-methyl/N-ethyl adjacent to an activating group) is 1. The molecule has 1 unspecified atom stereocenters. The standard InChI is InChI=1S/C30H31N5O6/c1-32-20-28(36)31-25(30(38)34-14-12-33(13-15-34)19-21-6-3-2-4-7-21)17-22-8-5-9-24(16-22)41-27-18-23(29(32)37)10-11-26(27)35(39)40/h2-11,16,18,25H,12-15,17,19-20H2,1H3,(H,31,36). The Hall–Kier alpha value is -4.77. The molecule has 0 spiro atoms. The molecule has 0 saturated carbocycles. The van der Waals surface area contributed by atoms with Gasteiger partial charge >= 0.3 is 5.69 Å². The summed E-state index contributed by atoms with van der Waals surface area (Å²) >= 11 is 0. The summed E-state index contributed by atoms with van der Waals surface area (Å²) in [6.45, 7) is 2.98. The van der Waals surface area contributed by atoms with Crippen LogP contribution in [0.2, 0.25) is 0 Å². The van der Waals surface area contributed by atoms with Gasteiger partial charge in [0.15, 0.2) is 0 Å². The van der Waals surface area contributed by atoms with Gasteiger partial charge in [0.1, 0.15) is 11.8 Å². The van der Waals surface area contributed by atoms with E-state index in [9.17, 15) is 24.5 Å². The molecule has 212 valence electrons. The van der Waals surface area contributed by atoms with Crippen molar-refractivity contribution in [1.29, 1.82) is 0 Å². The molecular formula is C30H31N5O6. The molecule has 0 aromatic heterocycles. The smallest absolute Gasteiger partial charge is 0.311 e. The van der Waals surface area contributed by atoms with E-state index in [1.807, 2.05) is 24.3 Å². The lowest BCUT2D eigenvalue weighted by atomic mass is 10.0. The van der Waals surface area contributed by atoms with E-state index < -0.39 is 22.8 Å². The zero-order valence-electron chi connectivity index (χ0n) is 22.7. The second-order valence-electron chi connectivity index (χ2n) is 10.3. The number of hydrogen-bond donors (Lipinski definition) is 1. The van der Waals surface area contributed by atoms with Crippen molar-refractivity contribution in [2.45, 2.75) is 19.0 Å². The predicted molar refractivity (Wildman–Crippen MR) is 151 cm³/mol. The minimum absolute atomic E-state index is 0.0890. The van der Waals surface area contributed by atoms with E-state index in [0.717, 1.165) is 6.54 Å². The van der Waals surface area contributed by atoms with Crippen LogP contribution in [-0.2, 0) is 22.6 Å². The number of benzene rings is 3. The number of piperazine rings is 1. The first kappa shape index (κ1) is 27.8. The lowest BCUT2D eigenvalue weighted by Crippen LogP contribution is -2.56. The number of nitrogens with zero attached hydrogens (tertiary/aromatic N) is 4. The Morgan fingerprint density at radius 2 is 1.76 bits per heavy atom. The third kappa shape index (κ3) is 6.69. The largest absolute Gasteiger partial charge is 0.450 e. The van der Waals surface area contributed by atoms with Crippen molar-refractivity contribution >= 4 is 23.4 Å². The number of nitro benzene ring substituents is 1. The highest BCUT2D eigenvalue weighted by atomic mass is 16.6. The number of nitrogens with one attached hydrogen (secondary N) is 1. The van der Waals surface area contributed by atoms with Gasteiger partial charge in [-0.25, -0.2) is 0 Å². The van der Waals surface area contributed by atoms with E-state index in [0.29, 0.717) is 37.5 Å². The highest BCUT2D eigenvalue weighted by Crippen LogP contribution is 2.33. The van der Waals surface area contributed by atoms with Gasteiger partial charge in [0.25, 0.3) is 5.91 Å². The van der Waals surface area contributed by atoms with Gasteiger partial charge in [0.05, 0.1) is 11.5 Å². The molecule has 2 heterocycles. The number of carbonyl (C=O) groups excluding carboxylic acids is 3. The zero-order chi connectivity index (χ0) is 28.9. The topological polar surface area (TPSA) is 125 Å². The summed E-state index contributed by atoms with van der Waals surface area (Å²) < 4.78 is 5.87. The van der Waals surface area contributed by atoms with E-state index in [-0.39, 0.29) is 35.9 Å². The summed E-state index contributed by atoms with van der Waals surface area (Å²) in [5.74, 6) is -0.968. The van der Waals surface area contributed by atoms with Crippen LogP contribution >= 0.6 is 0 Å². The summed E-state index contributed by atoms with van der Waals surface area (Å²) in [5.41, 5.74) is 1.76. The van der Waals surface area contributed by atoms with Gasteiger partial charge < -0.3 is 19.9 Å². The Labute approximate surface area is 237 Å². The number of amides is 3. The molecule has 1 saturated heterocycles. The van der Waals surface area contributed by atoms with Gasteiger partial charge in [0.2, 0.25) is 17.6 Å². The van der Waals surface area contributed by atoms with Crippen LogP contribution in [0, 0.1) is 10.1 Å². The lowest BCUT2D eigenvalue weighted by molar-refractivity contribution is -0.385. The third-order valence-corrected chi connectivity index (χ3v) is 7.26. The van der Waals surface area contributed by atoms with Gasteiger partial charge in [-0.15, -0.1) is 0 Å². The van der Waals surface area contributed by atoms with Crippen molar-refractivity contribution in [1.82, 2.24) is 20.0 Å². The molecule has 5 rings (SSSR count). The maximum atomic E-state index is 13.7. The van der Waals surface area contributed by atoms with Gasteiger partial charge in [-0.2, -0.15) is 0 Å².